The third-order valence-corrected chi connectivity index (χ3v) is 7.00. The minimum Gasteiger partial charge on any atom is -0.496 e. The van der Waals surface area contributed by atoms with Gasteiger partial charge in [-0.2, -0.15) is 13.2 Å². The Morgan fingerprint density at radius 1 is 0.955 bits per heavy atom. The summed E-state index contributed by atoms with van der Waals surface area (Å²) < 4.78 is 72.4. The fourth-order valence-corrected chi connectivity index (χ4v) is 4.74. The Kier molecular flexibility index (Phi) is 8.81. The lowest BCUT2D eigenvalue weighted by molar-refractivity contribution is -0.137. The Labute approximate surface area is 249 Å². The first kappa shape index (κ1) is 30.5. The molecule has 0 radical (unpaired) electrons. The largest absolute Gasteiger partial charge is 0.496 e. The summed E-state index contributed by atoms with van der Waals surface area (Å²) in [5.74, 6) is -0.759. The normalized spacial score (nSPS) is 11.6. The van der Waals surface area contributed by atoms with Gasteiger partial charge in [-0.15, -0.1) is 0 Å². The number of methoxy groups -OCH3 is 2. The molecule has 0 bridgehead atoms. The fourth-order valence-electron chi connectivity index (χ4n) is 4.74. The zero-order chi connectivity index (χ0) is 31.4. The summed E-state index contributed by atoms with van der Waals surface area (Å²) in [6, 6.07) is 17.4. The molecule has 0 amide bonds. The number of hydrogen-bond donors (Lipinski definition) is 1. The first-order chi connectivity index (χ1) is 21.1. The van der Waals surface area contributed by atoms with Crippen molar-refractivity contribution in [2.75, 3.05) is 20.8 Å². The molecule has 0 fully saturated rings. The SMILES string of the molecule is COCCn1c(Cc2ccc(-c3cccc(OCc4ccc(C(F)(F)F)cc4OC)n3)cc2F)nc2ccc(C(=O)O)cc21. The maximum atomic E-state index is 15.4. The van der Waals surface area contributed by atoms with Gasteiger partial charge in [-0.3, -0.25) is 0 Å². The van der Waals surface area contributed by atoms with Gasteiger partial charge in [0.2, 0.25) is 5.88 Å². The number of carboxylic acid groups (broad SMARTS) is 1. The Morgan fingerprint density at radius 3 is 2.45 bits per heavy atom. The van der Waals surface area contributed by atoms with Crippen molar-refractivity contribution < 1.29 is 41.7 Å². The van der Waals surface area contributed by atoms with Crippen LogP contribution in [0.3, 0.4) is 0 Å². The van der Waals surface area contributed by atoms with Crippen LogP contribution in [-0.2, 0) is 30.5 Å². The van der Waals surface area contributed by atoms with Gasteiger partial charge in [0.05, 0.1) is 41.6 Å². The van der Waals surface area contributed by atoms with Crippen LogP contribution in [0, 0.1) is 5.82 Å². The van der Waals surface area contributed by atoms with Crippen molar-refractivity contribution in [3.05, 3.63) is 107 Å². The highest BCUT2D eigenvalue weighted by molar-refractivity contribution is 5.92. The summed E-state index contributed by atoms with van der Waals surface area (Å²) in [5.41, 5.74) is 2.20. The van der Waals surface area contributed by atoms with Crippen LogP contribution in [0.15, 0.2) is 72.8 Å². The van der Waals surface area contributed by atoms with Crippen molar-refractivity contribution in [2.24, 2.45) is 0 Å². The molecule has 3 aromatic carbocycles. The minimum atomic E-state index is -4.50. The van der Waals surface area contributed by atoms with Crippen molar-refractivity contribution in [1.29, 1.82) is 0 Å². The average Bonchev–Trinajstić information content (AvgIpc) is 3.35. The van der Waals surface area contributed by atoms with Crippen LogP contribution in [-0.4, -0.2) is 46.4 Å². The van der Waals surface area contributed by atoms with Crippen LogP contribution >= 0.6 is 0 Å². The molecule has 2 heterocycles. The number of benzene rings is 3. The predicted molar refractivity (Wildman–Crippen MR) is 153 cm³/mol. The zero-order valence-electron chi connectivity index (χ0n) is 23.7. The third kappa shape index (κ3) is 6.65. The molecule has 44 heavy (non-hydrogen) atoms. The molecule has 8 nitrogen and oxygen atoms in total. The van der Waals surface area contributed by atoms with Crippen LogP contribution in [0.25, 0.3) is 22.3 Å². The Hall–Kier alpha value is -4.97. The molecule has 5 aromatic rings. The summed E-state index contributed by atoms with van der Waals surface area (Å²) in [5, 5.41) is 9.41. The molecule has 0 unspecified atom stereocenters. The number of imidazole rings is 1. The van der Waals surface area contributed by atoms with Crippen LogP contribution in [0.1, 0.15) is 32.9 Å². The summed E-state index contributed by atoms with van der Waals surface area (Å²) in [6.45, 7) is 0.663. The number of alkyl halides is 3. The molecule has 228 valence electrons. The number of halogens is 4. The molecule has 2 aromatic heterocycles. The van der Waals surface area contributed by atoms with E-state index in [1.165, 1.54) is 31.4 Å². The lowest BCUT2D eigenvalue weighted by Crippen LogP contribution is -2.10. The van der Waals surface area contributed by atoms with Crippen LogP contribution in [0.5, 0.6) is 11.6 Å². The Morgan fingerprint density at radius 2 is 1.75 bits per heavy atom. The summed E-state index contributed by atoms with van der Waals surface area (Å²) in [4.78, 5) is 20.6. The molecule has 5 rings (SSSR count). The second-order valence-corrected chi connectivity index (χ2v) is 9.84. The van der Waals surface area contributed by atoms with E-state index in [1.54, 1.807) is 43.5 Å². The zero-order valence-corrected chi connectivity index (χ0v) is 23.7. The number of aromatic nitrogens is 3. The molecule has 0 saturated carbocycles. The van der Waals surface area contributed by atoms with E-state index in [0.717, 1.165) is 12.1 Å². The predicted octanol–water partition coefficient (Wildman–Crippen LogP) is 6.78. The van der Waals surface area contributed by atoms with Gasteiger partial charge in [-0.25, -0.2) is 19.2 Å². The number of pyridine rings is 1. The maximum Gasteiger partial charge on any atom is 0.416 e. The van der Waals surface area contributed by atoms with E-state index in [9.17, 15) is 23.1 Å². The quantitative estimate of drug-likeness (QED) is 0.165. The standard InChI is InChI=1S/C32H27F4N3O5/c1-42-13-12-39-27-15-21(31(40)41)9-11-26(27)37-29(39)16-19-6-7-20(14-24(19)33)25-4-3-5-30(38-25)44-18-22-8-10-23(32(34,35)36)17-28(22)43-2/h3-11,14-15,17H,12-13,16,18H2,1-2H3,(H,40,41). The first-order valence-corrected chi connectivity index (χ1v) is 13.4. The van der Waals surface area contributed by atoms with Gasteiger partial charge in [0.25, 0.3) is 0 Å². The average molecular weight is 610 g/mol. The number of hydrogen-bond acceptors (Lipinski definition) is 6. The lowest BCUT2D eigenvalue weighted by atomic mass is 10.1. The minimum absolute atomic E-state index is 0.0340. The van der Waals surface area contributed by atoms with Crippen molar-refractivity contribution >= 4 is 17.0 Å². The van der Waals surface area contributed by atoms with Crippen molar-refractivity contribution in [1.82, 2.24) is 14.5 Å². The smallest absolute Gasteiger partial charge is 0.416 e. The molecule has 0 aliphatic heterocycles. The van der Waals surface area contributed by atoms with Gasteiger partial charge in [0.15, 0.2) is 0 Å². The Balaban J connectivity index is 1.35. The third-order valence-electron chi connectivity index (χ3n) is 7.00. The van der Waals surface area contributed by atoms with Crippen LogP contribution in [0.4, 0.5) is 17.6 Å². The van der Waals surface area contributed by atoms with Gasteiger partial charge >= 0.3 is 12.1 Å². The number of ether oxygens (including phenoxy) is 3. The molecule has 0 saturated heterocycles. The molecular weight excluding hydrogens is 582 g/mol. The van der Waals surface area contributed by atoms with Gasteiger partial charge in [0.1, 0.15) is 24.0 Å². The number of nitrogens with zero attached hydrogens (tertiary/aromatic N) is 3. The van der Waals surface area contributed by atoms with E-state index in [4.69, 9.17) is 14.2 Å². The summed E-state index contributed by atoms with van der Waals surface area (Å²) in [6.07, 6.45) is -4.35. The van der Waals surface area contributed by atoms with Crippen molar-refractivity contribution in [3.8, 4) is 22.9 Å². The van der Waals surface area contributed by atoms with Crippen LogP contribution in [0.2, 0.25) is 0 Å². The molecule has 0 aliphatic carbocycles. The maximum absolute atomic E-state index is 15.4. The van der Waals surface area contributed by atoms with E-state index in [-0.39, 0.29) is 30.2 Å². The molecule has 1 N–H and O–H groups in total. The van der Waals surface area contributed by atoms with Gasteiger partial charge < -0.3 is 23.9 Å². The van der Waals surface area contributed by atoms with Crippen molar-refractivity contribution in [2.45, 2.75) is 25.7 Å². The van der Waals surface area contributed by atoms with Crippen molar-refractivity contribution in [3.63, 3.8) is 0 Å². The number of carbonyl (C=O) groups is 1. The lowest BCUT2D eigenvalue weighted by Gasteiger charge is -2.13. The van der Waals surface area contributed by atoms with Crippen LogP contribution < -0.4 is 9.47 Å². The fraction of sp³-hybridized carbons (Fsp3) is 0.219. The van der Waals surface area contributed by atoms with E-state index in [1.807, 2.05) is 4.57 Å². The van der Waals surface area contributed by atoms with E-state index in [0.29, 0.717) is 52.4 Å². The van der Waals surface area contributed by atoms with E-state index < -0.39 is 23.5 Å². The monoisotopic (exact) mass is 609 g/mol. The molecule has 12 heteroatoms. The molecule has 0 atom stereocenters. The molecular formula is C32H27F4N3O5. The first-order valence-electron chi connectivity index (χ1n) is 13.4. The van der Waals surface area contributed by atoms with Gasteiger partial charge in [-0.1, -0.05) is 24.3 Å². The highest BCUT2D eigenvalue weighted by Crippen LogP contribution is 2.33. The second-order valence-electron chi connectivity index (χ2n) is 9.84. The van der Waals surface area contributed by atoms with E-state index >= 15 is 4.39 Å². The van der Waals surface area contributed by atoms with E-state index in [2.05, 4.69) is 9.97 Å². The van der Waals surface area contributed by atoms with Gasteiger partial charge in [-0.05, 0) is 48.0 Å². The molecule has 0 spiro atoms. The number of fused-ring (bicyclic) bond motifs is 1. The highest BCUT2D eigenvalue weighted by Gasteiger charge is 2.31. The second kappa shape index (κ2) is 12.7. The van der Waals surface area contributed by atoms with Gasteiger partial charge in [0, 0.05) is 37.3 Å². The molecule has 0 aliphatic rings. The number of rotatable bonds is 11. The highest BCUT2D eigenvalue weighted by atomic mass is 19.4. The Bertz CT molecular complexity index is 1820. The summed E-state index contributed by atoms with van der Waals surface area (Å²) in [7, 11) is 2.83. The topological polar surface area (TPSA) is 95.7 Å². The number of aromatic carboxylic acids is 1. The summed E-state index contributed by atoms with van der Waals surface area (Å²) >= 11 is 0. The number of carboxylic acids is 1.